The van der Waals surface area contributed by atoms with E-state index in [9.17, 15) is 0 Å². The molecule has 5 nitrogen and oxygen atoms in total. The van der Waals surface area contributed by atoms with Crippen LogP contribution < -0.4 is 5.32 Å². The molecule has 2 unspecified atom stereocenters. The van der Waals surface area contributed by atoms with Crippen LogP contribution in [0, 0.1) is 5.92 Å². The van der Waals surface area contributed by atoms with Crippen molar-refractivity contribution < 1.29 is 9.26 Å². The van der Waals surface area contributed by atoms with Crippen LogP contribution in [0.15, 0.2) is 4.52 Å². The summed E-state index contributed by atoms with van der Waals surface area (Å²) >= 11 is 0. The molecule has 2 atom stereocenters. The molecule has 5 heteroatoms. The maximum atomic E-state index is 5.55. The van der Waals surface area contributed by atoms with Crippen LogP contribution in [0.5, 0.6) is 0 Å². The summed E-state index contributed by atoms with van der Waals surface area (Å²) in [5.41, 5.74) is -0.00122. The fourth-order valence-corrected chi connectivity index (χ4v) is 2.84. The Balaban J connectivity index is 2.23. The molecule has 0 bridgehead atoms. The molecule has 0 aliphatic carbocycles. The Kier molecular flexibility index (Phi) is 4.58. The summed E-state index contributed by atoms with van der Waals surface area (Å²) in [7, 11) is 1.69. The number of rotatable bonds is 5. The van der Waals surface area contributed by atoms with Gasteiger partial charge in [0.05, 0.1) is 5.41 Å². The molecule has 1 aromatic heterocycles. The van der Waals surface area contributed by atoms with E-state index in [2.05, 4.69) is 36.2 Å². The number of aromatic nitrogens is 2. The first-order valence-corrected chi connectivity index (χ1v) is 7.20. The van der Waals surface area contributed by atoms with Gasteiger partial charge in [-0.25, -0.2) is 0 Å². The van der Waals surface area contributed by atoms with E-state index >= 15 is 0 Å². The number of nitrogens with one attached hydrogen (secondary N) is 1. The third-order valence-electron chi connectivity index (χ3n) is 4.16. The number of piperidine rings is 1. The molecular weight excluding hydrogens is 242 g/mol. The monoisotopic (exact) mass is 267 g/mol. The average Bonchev–Trinajstić information content (AvgIpc) is 2.90. The summed E-state index contributed by atoms with van der Waals surface area (Å²) in [6, 6.07) is 0. The van der Waals surface area contributed by atoms with Crippen molar-refractivity contribution in [2.45, 2.75) is 51.6 Å². The third-order valence-corrected chi connectivity index (χ3v) is 4.16. The summed E-state index contributed by atoms with van der Waals surface area (Å²) in [5.74, 6) is 1.77. The van der Waals surface area contributed by atoms with Gasteiger partial charge in [0.1, 0.15) is 6.10 Å². The molecule has 0 spiro atoms. The van der Waals surface area contributed by atoms with Crippen LogP contribution in [0.4, 0.5) is 0 Å². The molecule has 0 aromatic carbocycles. The summed E-state index contributed by atoms with van der Waals surface area (Å²) in [6.07, 6.45) is 3.19. The first-order valence-electron chi connectivity index (χ1n) is 7.20. The van der Waals surface area contributed by atoms with Crippen molar-refractivity contribution in [2.24, 2.45) is 5.92 Å². The summed E-state index contributed by atoms with van der Waals surface area (Å²) in [6.45, 7) is 8.39. The highest BCUT2D eigenvalue weighted by Crippen LogP contribution is 2.34. The predicted octanol–water partition coefficient (Wildman–Crippen LogP) is 2.44. The molecule has 1 N–H and O–H groups in total. The van der Waals surface area contributed by atoms with Crippen molar-refractivity contribution in [1.29, 1.82) is 0 Å². The molecule has 1 aliphatic heterocycles. The Morgan fingerprint density at radius 3 is 2.79 bits per heavy atom. The molecule has 19 heavy (non-hydrogen) atoms. The molecule has 0 saturated carbocycles. The quantitative estimate of drug-likeness (QED) is 0.888. The first-order chi connectivity index (χ1) is 9.13. The molecule has 0 radical (unpaired) electrons. The van der Waals surface area contributed by atoms with E-state index in [0.717, 1.165) is 38.2 Å². The molecule has 1 saturated heterocycles. The predicted molar refractivity (Wildman–Crippen MR) is 73.0 cm³/mol. The molecular formula is C14H25N3O2. The lowest BCUT2D eigenvalue weighted by Crippen LogP contribution is -2.43. The molecule has 108 valence electrons. The fraction of sp³-hybridized carbons (Fsp3) is 0.857. The molecule has 1 aliphatic rings. The lowest BCUT2D eigenvalue weighted by atomic mass is 9.78. The van der Waals surface area contributed by atoms with Gasteiger partial charge in [-0.3, -0.25) is 0 Å². The van der Waals surface area contributed by atoms with Crippen LogP contribution in [0.1, 0.15) is 57.9 Å². The second kappa shape index (κ2) is 6.01. The topological polar surface area (TPSA) is 60.2 Å². The van der Waals surface area contributed by atoms with Crippen molar-refractivity contribution >= 4 is 0 Å². The van der Waals surface area contributed by atoms with E-state index in [-0.39, 0.29) is 11.5 Å². The SMILES string of the molecule is CCC1(c2nc(C(OC)C(C)C)no2)CCCNC1. The Bertz CT molecular complexity index is 397. The lowest BCUT2D eigenvalue weighted by molar-refractivity contribution is 0.0555. The first kappa shape index (κ1) is 14.5. The van der Waals surface area contributed by atoms with Crippen molar-refractivity contribution in [3.63, 3.8) is 0 Å². The van der Waals surface area contributed by atoms with Crippen LogP contribution in [-0.2, 0) is 10.2 Å². The Morgan fingerprint density at radius 2 is 2.26 bits per heavy atom. The summed E-state index contributed by atoms with van der Waals surface area (Å²) < 4.78 is 11.0. The van der Waals surface area contributed by atoms with E-state index in [1.54, 1.807) is 7.11 Å². The minimum absolute atomic E-state index is 0.00122. The Morgan fingerprint density at radius 1 is 1.47 bits per heavy atom. The lowest BCUT2D eigenvalue weighted by Gasteiger charge is -2.33. The number of ether oxygens (including phenoxy) is 1. The Hall–Kier alpha value is -0.940. The van der Waals surface area contributed by atoms with Gasteiger partial charge < -0.3 is 14.6 Å². The largest absolute Gasteiger partial charge is 0.373 e. The van der Waals surface area contributed by atoms with Gasteiger partial charge in [0.2, 0.25) is 11.7 Å². The van der Waals surface area contributed by atoms with Crippen LogP contribution >= 0.6 is 0 Å². The number of hydrogen-bond acceptors (Lipinski definition) is 5. The van der Waals surface area contributed by atoms with Gasteiger partial charge in [0.25, 0.3) is 0 Å². The highest BCUT2D eigenvalue weighted by Gasteiger charge is 2.38. The normalized spacial score (nSPS) is 25.7. The second-order valence-electron chi connectivity index (χ2n) is 5.77. The van der Waals surface area contributed by atoms with Gasteiger partial charge in [-0.2, -0.15) is 4.98 Å². The van der Waals surface area contributed by atoms with E-state index in [1.807, 2.05) is 0 Å². The van der Waals surface area contributed by atoms with E-state index < -0.39 is 0 Å². The molecule has 2 heterocycles. The zero-order valence-electron chi connectivity index (χ0n) is 12.4. The molecule has 2 rings (SSSR count). The molecule has 1 aromatic rings. The van der Waals surface area contributed by atoms with Gasteiger partial charge in [0.15, 0.2) is 0 Å². The maximum absolute atomic E-state index is 5.55. The number of methoxy groups -OCH3 is 1. The van der Waals surface area contributed by atoms with Crippen LogP contribution in [0.25, 0.3) is 0 Å². The highest BCUT2D eigenvalue weighted by atomic mass is 16.5. The molecule has 1 fully saturated rings. The maximum Gasteiger partial charge on any atom is 0.234 e. The van der Waals surface area contributed by atoms with Crippen LogP contribution in [0.2, 0.25) is 0 Å². The fourth-order valence-electron chi connectivity index (χ4n) is 2.84. The van der Waals surface area contributed by atoms with Gasteiger partial charge in [-0.05, 0) is 31.7 Å². The third kappa shape index (κ3) is 2.82. The number of hydrogen-bond donors (Lipinski definition) is 1. The summed E-state index contributed by atoms with van der Waals surface area (Å²) in [4.78, 5) is 4.63. The van der Waals surface area contributed by atoms with Gasteiger partial charge in [-0.1, -0.05) is 25.9 Å². The van der Waals surface area contributed by atoms with Gasteiger partial charge in [0, 0.05) is 13.7 Å². The highest BCUT2D eigenvalue weighted by molar-refractivity contribution is 5.09. The van der Waals surface area contributed by atoms with Crippen molar-refractivity contribution in [2.75, 3.05) is 20.2 Å². The minimum Gasteiger partial charge on any atom is -0.373 e. The summed E-state index contributed by atoms with van der Waals surface area (Å²) in [5, 5.41) is 7.58. The van der Waals surface area contributed by atoms with Gasteiger partial charge >= 0.3 is 0 Å². The standard InChI is InChI=1S/C14H25N3O2/c1-5-14(7-6-8-15-9-14)13-16-12(17-19-13)11(18-4)10(2)3/h10-11,15H,5-9H2,1-4H3. The van der Waals surface area contributed by atoms with Crippen molar-refractivity contribution in [3.05, 3.63) is 11.7 Å². The van der Waals surface area contributed by atoms with E-state index in [1.165, 1.54) is 0 Å². The van der Waals surface area contributed by atoms with Crippen molar-refractivity contribution in [1.82, 2.24) is 15.5 Å². The van der Waals surface area contributed by atoms with Crippen molar-refractivity contribution in [3.8, 4) is 0 Å². The minimum atomic E-state index is -0.0945. The number of nitrogens with zero attached hydrogens (tertiary/aromatic N) is 2. The Labute approximate surface area is 115 Å². The van der Waals surface area contributed by atoms with Gasteiger partial charge in [-0.15, -0.1) is 0 Å². The molecule has 0 amide bonds. The van der Waals surface area contributed by atoms with E-state index in [0.29, 0.717) is 11.7 Å². The second-order valence-corrected chi connectivity index (χ2v) is 5.77. The smallest absolute Gasteiger partial charge is 0.234 e. The zero-order valence-corrected chi connectivity index (χ0v) is 12.4. The van der Waals surface area contributed by atoms with Crippen LogP contribution in [-0.4, -0.2) is 30.3 Å². The van der Waals surface area contributed by atoms with Crippen LogP contribution in [0.3, 0.4) is 0 Å². The average molecular weight is 267 g/mol. The van der Waals surface area contributed by atoms with E-state index in [4.69, 9.17) is 9.26 Å². The zero-order chi connectivity index (χ0) is 13.9.